The fraction of sp³-hybridized carbons (Fsp3) is 0.750. The third-order valence-electron chi connectivity index (χ3n) is 3.00. The lowest BCUT2D eigenvalue weighted by Gasteiger charge is -2.23. The van der Waals surface area contributed by atoms with E-state index in [2.05, 4.69) is 28.3 Å². The normalized spacial score (nSPS) is 13.3. The minimum atomic E-state index is 0.573. The molecule has 1 aromatic heterocycles. The second-order valence-corrected chi connectivity index (χ2v) is 4.40. The average Bonchev–Trinajstić information content (AvgIpc) is 2.69. The predicted molar refractivity (Wildman–Crippen MR) is 67.3 cm³/mol. The van der Waals surface area contributed by atoms with Gasteiger partial charge < -0.3 is 15.2 Å². The molecule has 0 aliphatic carbocycles. The van der Waals surface area contributed by atoms with E-state index in [4.69, 9.17) is 5.73 Å². The summed E-state index contributed by atoms with van der Waals surface area (Å²) in [7, 11) is 0. The van der Waals surface area contributed by atoms with Gasteiger partial charge >= 0.3 is 0 Å². The molecule has 1 rings (SSSR count). The molecule has 1 atom stereocenters. The third-order valence-corrected chi connectivity index (χ3v) is 3.00. The van der Waals surface area contributed by atoms with Gasteiger partial charge in [0.1, 0.15) is 5.82 Å². The molecule has 0 spiro atoms. The van der Waals surface area contributed by atoms with Gasteiger partial charge in [-0.2, -0.15) is 0 Å². The lowest BCUT2D eigenvalue weighted by Crippen LogP contribution is -2.34. The van der Waals surface area contributed by atoms with Gasteiger partial charge in [0.05, 0.1) is 0 Å². The number of hydrogen-bond donors (Lipinski definition) is 1. The van der Waals surface area contributed by atoms with E-state index in [1.54, 1.807) is 0 Å². The number of likely N-dealkylation sites (N-methyl/N-ethyl adjacent to an activating group) is 1. The minimum absolute atomic E-state index is 0.573. The van der Waals surface area contributed by atoms with Crippen LogP contribution in [0.3, 0.4) is 0 Å². The summed E-state index contributed by atoms with van der Waals surface area (Å²) in [5, 5.41) is 0. The molecule has 4 nitrogen and oxygen atoms in total. The maximum Gasteiger partial charge on any atom is 0.105 e. The molecular weight excluding hydrogens is 200 g/mol. The SMILES string of the molecule is CCN(CCn1ccnc1C)CC(C)CN. The Bertz CT molecular complexity index is 295. The van der Waals surface area contributed by atoms with E-state index in [1.165, 1.54) is 0 Å². The van der Waals surface area contributed by atoms with Crippen LogP contribution in [0.25, 0.3) is 0 Å². The van der Waals surface area contributed by atoms with Gasteiger partial charge in [0.2, 0.25) is 0 Å². The zero-order valence-corrected chi connectivity index (χ0v) is 10.7. The monoisotopic (exact) mass is 224 g/mol. The van der Waals surface area contributed by atoms with Gasteiger partial charge in [-0.25, -0.2) is 4.98 Å². The highest BCUT2D eigenvalue weighted by atomic mass is 15.2. The smallest absolute Gasteiger partial charge is 0.105 e. The molecule has 1 unspecified atom stereocenters. The highest BCUT2D eigenvalue weighted by Gasteiger charge is 2.07. The number of aromatic nitrogens is 2. The van der Waals surface area contributed by atoms with Crippen molar-refractivity contribution in [1.29, 1.82) is 0 Å². The summed E-state index contributed by atoms with van der Waals surface area (Å²) in [5.41, 5.74) is 5.65. The maximum absolute atomic E-state index is 5.65. The lowest BCUT2D eigenvalue weighted by molar-refractivity contribution is 0.241. The molecule has 2 N–H and O–H groups in total. The molecule has 1 heterocycles. The first-order valence-electron chi connectivity index (χ1n) is 6.07. The van der Waals surface area contributed by atoms with E-state index in [0.29, 0.717) is 5.92 Å². The Balaban J connectivity index is 2.37. The number of aryl methyl sites for hydroxylation is 1. The van der Waals surface area contributed by atoms with Crippen LogP contribution in [-0.2, 0) is 6.54 Å². The molecule has 16 heavy (non-hydrogen) atoms. The molecule has 4 heteroatoms. The molecule has 0 radical (unpaired) electrons. The van der Waals surface area contributed by atoms with Crippen molar-refractivity contribution in [3.8, 4) is 0 Å². The largest absolute Gasteiger partial charge is 0.334 e. The molecule has 0 saturated carbocycles. The van der Waals surface area contributed by atoms with E-state index in [9.17, 15) is 0 Å². The van der Waals surface area contributed by atoms with Crippen molar-refractivity contribution in [2.24, 2.45) is 11.7 Å². The average molecular weight is 224 g/mol. The van der Waals surface area contributed by atoms with Crippen molar-refractivity contribution in [3.05, 3.63) is 18.2 Å². The summed E-state index contributed by atoms with van der Waals surface area (Å²) in [6.07, 6.45) is 3.89. The van der Waals surface area contributed by atoms with Gasteiger partial charge in [-0.05, 0) is 25.9 Å². The van der Waals surface area contributed by atoms with E-state index in [0.717, 1.165) is 38.5 Å². The molecule has 0 saturated heterocycles. The summed E-state index contributed by atoms with van der Waals surface area (Å²) < 4.78 is 2.19. The molecule has 0 fully saturated rings. The number of nitrogens with two attached hydrogens (primary N) is 1. The molecule has 0 bridgehead atoms. The highest BCUT2D eigenvalue weighted by Crippen LogP contribution is 2.00. The quantitative estimate of drug-likeness (QED) is 0.754. The summed E-state index contributed by atoms with van der Waals surface area (Å²) in [5.74, 6) is 1.66. The van der Waals surface area contributed by atoms with Gasteiger partial charge in [0.25, 0.3) is 0 Å². The molecular formula is C12H24N4. The van der Waals surface area contributed by atoms with Crippen LogP contribution < -0.4 is 5.73 Å². The molecule has 92 valence electrons. The van der Waals surface area contributed by atoms with Crippen LogP contribution in [0.15, 0.2) is 12.4 Å². The minimum Gasteiger partial charge on any atom is -0.334 e. The van der Waals surface area contributed by atoms with Crippen molar-refractivity contribution >= 4 is 0 Å². The van der Waals surface area contributed by atoms with Crippen molar-refractivity contribution in [2.45, 2.75) is 27.3 Å². The topological polar surface area (TPSA) is 47.1 Å². The summed E-state index contributed by atoms with van der Waals surface area (Å²) in [6, 6.07) is 0. The van der Waals surface area contributed by atoms with Gasteiger partial charge in [-0.15, -0.1) is 0 Å². The fourth-order valence-corrected chi connectivity index (χ4v) is 1.78. The van der Waals surface area contributed by atoms with Gasteiger partial charge in [0.15, 0.2) is 0 Å². The van der Waals surface area contributed by atoms with Crippen molar-refractivity contribution in [3.63, 3.8) is 0 Å². The highest BCUT2D eigenvalue weighted by molar-refractivity contribution is 4.88. The Kier molecular flexibility index (Phi) is 5.49. The molecule has 0 amide bonds. The zero-order valence-electron chi connectivity index (χ0n) is 10.7. The van der Waals surface area contributed by atoms with Crippen LogP contribution in [0.2, 0.25) is 0 Å². The van der Waals surface area contributed by atoms with E-state index in [-0.39, 0.29) is 0 Å². The predicted octanol–water partition coefficient (Wildman–Crippen LogP) is 1.11. The molecule has 0 aromatic carbocycles. The Morgan fingerprint density at radius 1 is 1.56 bits per heavy atom. The third kappa shape index (κ3) is 3.94. The first kappa shape index (κ1) is 13.2. The zero-order chi connectivity index (χ0) is 12.0. The van der Waals surface area contributed by atoms with Gasteiger partial charge in [-0.3, -0.25) is 0 Å². The van der Waals surface area contributed by atoms with Gasteiger partial charge in [0, 0.05) is 32.0 Å². The summed E-state index contributed by atoms with van der Waals surface area (Å²) >= 11 is 0. The van der Waals surface area contributed by atoms with E-state index < -0.39 is 0 Å². The van der Waals surface area contributed by atoms with Crippen LogP contribution in [0.5, 0.6) is 0 Å². The van der Waals surface area contributed by atoms with Crippen molar-refractivity contribution in [2.75, 3.05) is 26.2 Å². The summed E-state index contributed by atoms with van der Waals surface area (Å²) in [4.78, 5) is 6.66. The Labute approximate surface area is 98.5 Å². The Hall–Kier alpha value is -0.870. The standard InChI is InChI=1S/C12H24N4/c1-4-15(10-11(2)9-13)7-8-16-6-5-14-12(16)3/h5-6,11H,4,7-10,13H2,1-3H3. The van der Waals surface area contributed by atoms with E-state index in [1.807, 2.05) is 19.3 Å². The second kappa shape index (κ2) is 6.66. The lowest BCUT2D eigenvalue weighted by atomic mass is 10.1. The van der Waals surface area contributed by atoms with Crippen LogP contribution in [0.4, 0.5) is 0 Å². The first-order chi connectivity index (χ1) is 7.67. The first-order valence-corrected chi connectivity index (χ1v) is 6.07. The van der Waals surface area contributed by atoms with Crippen LogP contribution in [0.1, 0.15) is 19.7 Å². The molecule has 1 aromatic rings. The van der Waals surface area contributed by atoms with Crippen molar-refractivity contribution < 1.29 is 0 Å². The Morgan fingerprint density at radius 3 is 2.81 bits per heavy atom. The van der Waals surface area contributed by atoms with Crippen LogP contribution >= 0.6 is 0 Å². The van der Waals surface area contributed by atoms with Crippen LogP contribution in [-0.4, -0.2) is 40.6 Å². The fourth-order valence-electron chi connectivity index (χ4n) is 1.78. The number of nitrogens with zero attached hydrogens (tertiary/aromatic N) is 3. The molecule has 0 aliphatic rings. The number of hydrogen-bond acceptors (Lipinski definition) is 3. The second-order valence-electron chi connectivity index (χ2n) is 4.40. The Morgan fingerprint density at radius 2 is 2.31 bits per heavy atom. The van der Waals surface area contributed by atoms with Gasteiger partial charge in [-0.1, -0.05) is 13.8 Å². The van der Waals surface area contributed by atoms with E-state index >= 15 is 0 Å². The molecule has 0 aliphatic heterocycles. The number of rotatable bonds is 7. The van der Waals surface area contributed by atoms with Crippen molar-refractivity contribution in [1.82, 2.24) is 14.5 Å². The summed E-state index contributed by atoms with van der Waals surface area (Å²) in [6.45, 7) is 11.4. The number of imidazole rings is 1. The van der Waals surface area contributed by atoms with Crippen LogP contribution in [0, 0.1) is 12.8 Å². The maximum atomic E-state index is 5.65.